The highest BCUT2D eigenvalue weighted by molar-refractivity contribution is 6.31. The summed E-state index contributed by atoms with van der Waals surface area (Å²) in [6, 6.07) is 15.8. The van der Waals surface area contributed by atoms with Crippen LogP contribution in [0.2, 0.25) is 5.02 Å². The second-order valence-corrected chi connectivity index (χ2v) is 8.81. The molecule has 4 aromatic rings. The number of aliphatic imine (C=N–C) groups is 1. The van der Waals surface area contributed by atoms with Crippen LogP contribution in [0, 0.1) is 10.1 Å². The fourth-order valence-corrected chi connectivity index (χ4v) is 3.44. The van der Waals surface area contributed by atoms with Crippen LogP contribution in [0.4, 0.5) is 11.4 Å². The number of hydrogen-bond acceptors (Lipinski definition) is 6. The molecule has 0 unspecified atom stereocenters. The molecule has 0 amide bonds. The molecule has 0 radical (unpaired) electrons. The predicted molar refractivity (Wildman–Crippen MR) is 125 cm³/mol. The van der Waals surface area contributed by atoms with Gasteiger partial charge in [0, 0.05) is 34.5 Å². The maximum atomic E-state index is 11.1. The van der Waals surface area contributed by atoms with E-state index in [1.54, 1.807) is 18.2 Å². The van der Waals surface area contributed by atoms with Gasteiger partial charge in [-0.1, -0.05) is 44.5 Å². The van der Waals surface area contributed by atoms with E-state index in [4.69, 9.17) is 16.0 Å². The summed E-state index contributed by atoms with van der Waals surface area (Å²) in [7, 11) is 0. The van der Waals surface area contributed by atoms with Crippen LogP contribution in [-0.2, 0) is 5.41 Å². The van der Waals surface area contributed by atoms with E-state index in [1.807, 2.05) is 12.1 Å². The highest BCUT2D eigenvalue weighted by Crippen LogP contribution is 2.33. The van der Waals surface area contributed by atoms with E-state index < -0.39 is 16.4 Å². The summed E-state index contributed by atoms with van der Waals surface area (Å²) in [4.78, 5) is 19.2. The molecule has 7 nitrogen and oxygen atoms in total. The van der Waals surface area contributed by atoms with Crippen molar-refractivity contribution in [1.29, 1.82) is 0 Å². The first kappa shape index (κ1) is 21.5. The van der Waals surface area contributed by atoms with Gasteiger partial charge in [-0.15, -0.1) is 0 Å². The van der Waals surface area contributed by atoms with Crippen LogP contribution in [-0.4, -0.2) is 21.2 Å². The molecular formula is C24H20ClN3O4. The summed E-state index contributed by atoms with van der Waals surface area (Å²) in [6.45, 7) is 6.47. The monoisotopic (exact) mass is 449 g/mol. The Labute approximate surface area is 189 Å². The third kappa shape index (κ3) is 4.33. The van der Waals surface area contributed by atoms with E-state index in [0.717, 1.165) is 11.6 Å². The molecule has 0 saturated carbocycles. The highest BCUT2D eigenvalue weighted by Gasteiger charge is 2.18. The number of nitro groups is 1. The van der Waals surface area contributed by atoms with Crippen molar-refractivity contribution in [2.75, 3.05) is 0 Å². The standard InChI is InChI=1S/C24H20ClN3O4/c1-24(2,3)16-6-4-14(5-7-16)23-27-19-9-8-18(12-21(19)32-23)26-13-15-10-17(25)11-20(22(15)29)28(30)31/h4-13,29H,1-3H3. The van der Waals surface area contributed by atoms with Crippen LogP contribution in [0.1, 0.15) is 31.9 Å². The molecule has 162 valence electrons. The Bertz CT molecular complexity index is 1350. The smallest absolute Gasteiger partial charge is 0.312 e. The summed E-state index contributed by atoms with van der Waals surface area (Å²) in [5.41, 5.74) is 3.58. The van der Waals surface area contributed by atoms with Crippen LogP contribution in [0.25, 0.3) is 22.6 Å². The molecule has 0 atom stereocenters. The lowest BCUT2D eigenvalue weighted by Gasteiger charge is -2.18. The van der Waals surface area contributed by atoms with Crippen LogP contribution >= 0.6 is 11.6 Å². The number of phenols is 1. The number of phenolic OH excluding ortho intramolecular Hbond substituents is 1. The van der Waals surface area contributed by atoms with Crippen molar-refractivity contribution < 1.29 is 14.4 Å². The molecule has 0 fully saturated rings. The van der Waals surface area contributed by atoms with Gasteiger partial charge in [-0.25, -0.2) is 4.98 Å². The number of fused-ring (bicyclic) bond motifs is 1. The molecule has 4 rings (SSSR count). The number of halogens is 1. The Balaban J connectivity index is 1.64. The van der Waals surface area contributed by atoms with Crippen LogP contribution < -0.4 is 0 Å². The van der Waals surface area contributed by atoms with Crippen molar-refractivity contribution in [1.82, 2.24) is 4.98 Å². The summed E-state index contributed by atoms with van der Waals surface area (Å²) >= 11 is 5.92. The average Bonchev–Trinajstić information content (AvgIpc) is 3.17. The van der Waals surface area contributed by atoms with E-state index in [-0.39, 0.29) is 16.0 Å². The van der Waals surface area contributed by atoms with E-state index in [1.165, 1.54) is 17.8 Å². The molecule has 0 bridgehead atoms. The van der Waals surface area contributed by atoms with E-state index in [2.05, 4.69) is 42.9 Å². The largest absolute Gasteiger partial charge is 0.502 e. The average molecular weight is 450 g/mol. The van der Waals surface area contributed by atoms with Gasteiger partial charge in [-0.3, -0.25) is 15.1 Å². The second kappa shape index (κ2) is 8.09. The summed E-state index contributed by atoms with van der Waals surface area (Å²) < 4.78 is 5.92. The van der Waals surface area contributed by atoms with Gasteiger partial charge in [0.05, 0.1) is 10.6 Å². The minimum atomic E-state index is -0.700. The molecule has 3 aromatic carbocycles. The molecule has 0 aliphatic carbocycles. The third-order valence-corrected chi connectivity index (χ3v) is 5.22. The van der Waals surface area contributed by atoms with Gasteiger partial charge in [0.25, 0.3) is 0 Å². The van der Waals surface area contributed by atoms with Crippen molar-refractivity contribution in [3.05, 3.63) is 80.9 Å². The van der Waals surface area contributed by atoms with Crippen molar-refractivity contribution in [2.45, 2.75) is 26.2 Å². The SMILES string of the molecule is CC(C)(C)c1ccc(-c2nc3ccc(N=Cc4cc(Cl)cc([N+](=O)[O-])c4O)cc3o2)cc1. The van der Waals surface area contributed by atoms with Gasteiger partial charge >= 0.3 is 5.69 Å². The zero-order valence-corrected chi connectivity index (χ0v) is 18.4. The molecule has 0 spiro atoms. The van der Waals surface area contributed by atoms with Crippen LogP contribution in [0.5, 0.6) is 5.75 Å². The van der Waals surface area contributed by atoms with Gasteiger partial charge in [-0.05, 0) is 41.3 Å². The molecular weight excluding hydrogens is 430 g/mol. The lowest BCUT2D eigenvalue weighted by Crippen LogP contribution is -2.10. The third-order valence-electron chi connectivity index (χ3n) is 5.00. The second-order valence-electron chi connectivity index (χ2n) is 8.38. The molecule has 1 heterocycles. The van der Waals surface area contributed by atoms with Crippen LogP contribution in [0.3, 0.4) is 0 Å². The number of rotatable bonds is 4. The fraction of sp³-hybridized carbons (Fsp3) is 0.167. The summed E-state index contributed by atoms with van der Waals surface area (Å²) in [5.74, 6) is 0.00887. The Morgan fingerprint density at radius 3 is 2.50 bits per heavy atom. The summed E-state index contributed by atoms with van der Waals surface area (Å²) in [5, 5.41) is 21.3. The first-order valence-electron chi connectivity index (χ1n) is 9.84. The Morgan fingerprint density at radius 2 is 1.84 bits per heavy atom. The fourth-order valence-electron chi connectivity index (χ4n) is 3.22. The van der Waals surface area contributed by atoms with Crippen molar-refractivity contribution >= 4 is 40.3 Å². The Kier molecular flexibility index (Phi) is 5.44. The topological polar surface area (TPSA) is 102 Å². The number of hydrogen-bond donors (Lipinski definition) is 1. The number of nitrogens with zero attached hydrogens (tertiary/aromatic N) is 3. The normalized spacial score (nSPS) is 12.0. The van der Waals surface area contributed by atoms with Gasteiger partial charge in [-0.2, -0.15) is 0 Å². The predicted octanol–water partition coefficient (Wildman–Crippen LogP) is 6.81. The van der Waals surface area contributed by atoms with Gasteiger partial charge in [0.1, 0.15) is 5.52 Å². The maximum Gasteiger partial charge on any atom is 0.312 e. The molecule has 0 saturated heterocycles. The Morgan fingerprint density at radius 1 is 1.12 bits per heavy atom. The molecule has 1 N–H and O–H groups in total. The lowest BCUT2D eigenvalue weighted by molar-refractivity contribution is -0.385. The quantitative estimate of drug-likeness (QED) is 0.209. The van der Waals surface area contributed by atoms with Gasteiger partial charge < -0.3 is 9.52 Å². The molecule has 1 aromatic heterocycles. The summed E-state index contributed by atoms with van der Waals surface area (Å²) in [6.07, 6.45) is 1.32. The number of nitro benzene ring substituents is 1. The van der Waals surface area contributed by atoms with Crippen molar-refractivity contribution in [2.24, 2.45) is 4.99 Å². The number of oxazole rings is 1. The zero-order chi connectivity index (χ0) is 23.0. The van der Waals surface area contributed by atoms with E-state index >= 15 is 0 Å². The maximum absolute atomic E-state index is 11.1. The minimum Gasteiger partial charge on any atom is -0.502 e. The van der Waals surface area contributed by atoms with Gasteiger partial charge in [0.15, 0.2) is 5.58 Å². The lowest BCUT2D eigenvalue weighted by atomic mass is 9.87. The minimum absolute atomic E-state index is 0.0601. The molecule has 8 heteroatoms. The number of aromatic hydroxyl groups is 1. The van der Waals surface area contributed by atoms with Crippen molar-refractivity contribution in [3.63, 3.8) is 0 Å². The zero-order valence-electron chi connectivity index (χ0n) is 17.7. The van der Waals surface area contributed by atoms with E-state index in [9.17, 15) is 15.2 Å². The Hall–Kier alpha value is -3.71. The van der Waals surface area contributed by atoms with Crippen LogP contribution in [0.15, 0.2) is 64.0 Å². The van der Waals surface area contributed by atoms with Crippen molar-refractivity contribution in [3.8, 4) is 17.2 Å². The molecule has 0 aliphatic heterocycles. The molecule has 0 aliphatic rings. The highest BCUT2D eigenvalue weighted by atomic mass is 35.5. The van der Waals surface area contributed by atoms with E-state index in [0.29, 0.717) is 22.7 Å². The first-order chi connectivity index (χ1) is 15.1. The first-order valence-corrected chi connectivity index (χ1v) is 10.2. The number of aromatic nitrogens is 1. The number of benzene rings is 3. The molecule has 32 heavy (non-hydrogen) atoms. The van der Waals surface area contributed by atoms with Gasteiger partial charge in [0.2, 0.25) is 11.6 Å².